The van der Waals surface area contributed by atoms with Gasteiger partial charge in [-0.2, -0.15) is 0 Å². The lowest BCUT2D eigenvalue weighted by molar-refractivity contribution is 0.273. The van der Waals surface area contributed by atoms with Crippen molar-refractivity contribution in [1.82, 2.24) is 10.2 Å². The maximum atomic E-state index is 3.55. The SMILES string of the molecule is CCCN(CC)CCC1CCCN1. The minimum absolute atomic E-state index is 0.811. The average molecular weight is 184 g/mol. The average Bonchev–Trinajstić information content (AvgIpc) is 2.64. The Morgan fingerprint density at radius 3 is 2.69 bits per heavy atom. The van der Waals surface area contributed by atoms with E-state index < -0.39 is 0 Å². The maximum Gasteiger partial charge on any atom is 0.00797 e. The quantitative estimate of drug-likeness (QED) is 0.678. The van der Waals surface area contributed by atoms with Crippen LogP contribution in [0.2, 0.25) is 0 Å². The summed E-state index contributed by atoms with van der Waals surface area (Å²) in [6.07, 6.45) is 5.40. The first-order chi connectivity index (χ1) is 6.36. The number of hydrogen-bond donors (Lipinski definition) is 1. The Hall–Kier alpha value is -0.0800. The summed E-state index contributed by atoms with van der Waals surface area (Å²) in [4.78, 5) is 2.56. The molecule has 0 amide bonds. The second-order valence-electron chi connectivity index (χ2n) is 4.02. The van der Waals surface area contributed by atoms with Crippen molar-refractivity contribution in [2.75, 3.05) is 26.2 Å². The highest BCUT2D eigenvalue weighted by atomic mass is 15.1. The normalized spacial score (nSPS) is 22.8. The lowest BCUT2D eigenvalue weighted by atomic mass is 10.1. The molecule has 1 rings (SSSR count). The monoisotopic (exact) mass is 184 g/mol. The zero-order valence-corrected chi connectivity index (χ0v) is 9.18. The molecule has 0 saturated carbocycles. The Kier molecular flexibility index (Phi) is 5.40. The topological polar surface area (TPSA) is 15.3 Å². The Bertz CT molecular complexity index is 119. The molecule has 1 fully saturated rings. The molecule has 78 valence electrons. The molecule has 0 bridgehead atoms. The van der Waals surface area contributed by atoms with Crippen molar-refractivity contribution in [3.05, 3.63) is 0 Å². The van der Waals surface area contributed by atoms with E-state index in [1.807, 2.05) is 0 Å². The molecule has 1 atom stereocenters. The van der Waals surface area contributed by atoms with E-state index in [2.05, 4.69) is 24.1 Å². The van der Waals surface area contributed by atoms with E-state index in [4.69, 9.17) is 0 Å². The first-order valence-electron chi connectivity index (χ1n) is 5.82. The molecule has 2 heteroatoms. The van der Waals surface area contributed by atoms with Crippen LogP contribution in [0.4, 0.5) is 0 Å². The summed E-state index contributed by atoms with van der Waals surface area (Å²) in [7, 11) is 0. The Balaban J connectivity index is 2.07. The minimum atomic E-state index is 0.811. The second-order valence-corrected chi connectivity index (χ2v) is 4.02. The van der Waals surface area contributed by atoms with Gasteiger partial charge in [-0.15, -0.1) is 0 Å². The largest absolute Gasteiger partial charge is 0.314 e. The van der Waals surface area contributed by atoms with Gasteiger partial charge in [0.15, 0.2) is 0 Å². The third-order valence-electron chi connectivity index (χ3n) is 2.94. The molecule has 1 unspecified atom stereocenters. The zero-order valence-electron chi connectivity index (χ0n) is 9.18. The van der Waals surface area contributed by atoms with Crippen LogP contribution in [0.3, 0.4) is 0 Å². The van der Waals surface area contributed by atoms with Gasteiger partial charge >= 0.3 is 0 Å². The highest BCUT2D eigenvalue weighted by Gasteiger charge is 2.14. The molecule has 0 aromatic carbocycles. The lowest BCUT2D eigenvalue weighted by Gasteiger charge is -2.21. The number of nitrogens with one attached hydrogen (secondary N) is 1. The summed E-state index contributed by atoms with van der Waals surface area (Å²) in [6, 6.07) is 0.811. The van der Waals surface area contributed by atoms with Crippen molar-refractivity contribution in [3.63, 3.8) is 0 Å². The van der Waals surface area contributed by atoms with Crippen LogP contribution >= 0.6 is 0 Å². The van der Waals surface area contributed by atoms with Crippen LogP contribution in [0.25, 0.3) is 0 Å². The molecule has 1 N–H and O–H groups in total. The highest BCUT2D eigenvalue weighted by molar-refractivity contribution is 4.75. The number of hydrogen-bond acceptors (Lipinski definition) is 2. The lowest BCUT2D eigenvalue weighted by Crippen LogP contribution is -2.31. The molecule has 0 aliphatic carbocycles. The van der Waals surface area contributed by atoms with Crippen molar-refractivity contribution >= 4 is 0 Å². The van der Waals surface area contributed by atoms with Gasteiger partial charge in [0.2, 0.25) is 0 Å². The predicted molar refractivity (Wildman–Crippen MR) is 58.0 cm³/mol. The Morgan fingerprint density at radius 2 is 2.15 bits per heavy atom. The summed E-state index contributed by atoms with van der Waals surface area (Å²) in [5.74, 6) is 0. The summed E-state index contributed by atoms with van der Waals surface area (Å²) in [5.41, 5.74) is 0. The number of rotatable bonds is 6. The van der Waals surface area contributed by atoms with Gasteiger partial charge < -0.3 is 10.2 Å². The van der Waals surface area contributed by atoms with E-state index in [1.54, 1.807) is 0 Å². The third kappa shape index (κ3) is 4.10. The molecule has 0 aromatic heterocycles. The first-order valence-corrected chi connectivity index (χ1v) is 5.82. The summed E-state index contributed by atoms with van der Waals surface area (Å²) in [5, 5.41) is 3.55. The highest BCUT2D eigenvalue weighted by Crippen LogP contribution is 2.09. The molecule has 2 nitrogen and oxygen atoms in total. The fraction of sp³-hybridized carbons (Fsp3) is 1.00. The van der Waals surface area contributed by atoms with Crippen molar-refractivity contribution in [2.24, 2.45) is 0 Å². The molecule has 1 saturated heterocycles. The number of nitrogens with zero attached hydrogens (tertiary/aromatic N) is 1. The Morgan fingerprint density at radius 1 is 1.31 bits per heavy atom. The second kappa shape index (κ2) is 6.39. The van der Waals surface area contributed by atoms with Crippen LogP contribution in [0, 0.1) is 0 Å². The summed E-state index contributed by atoms with van der Waals surface area (Å²) >= 11 is 0. The molecule has 0 aromatic rings. The molecule has 0 spiro atoms. The van der Waals surface area contributed by atoms with E-state index in [0.29, 0.717) is 0 Å². The van der Waals surface area contributed by atoms with Crippen LogP contribution in [-0.2, 0) is 0 Å². The van der Waals surface area contributed by atoms with Crippen LogP contribution in [0.5, 0.6) is 0 Å². The van der Waals surface area contributed by atoms with E-state index in [-0.39, 0.29) is 0 Å². The molecule has 1 heterocycles. The van der Waals surface area contributed by atoms with Crippen LogP contribution in [0.15, 0.2) is 0 Å². The molecule has 13 heavy (non-hydrogen) atoms. The summed E-state index contributed by atoms with van der Waals surface area (Å²) in [6.45, 7) is 9.52. The van der Waals surface area contributed by atoms with E-state index in [0.717, 1.165) is 6.04 Å². The molecule has 1 aliphatic heterocycles. The fourth-order valence-electron chi connectivity index (χ4n) is 2.09. The smallest absolute Gasteiger partial charge is 0.00797 e. The van der Waals surface area contributed by atoms with Crippen molar-refractivity contribution in [2.45, 2.75) is 45.6 Å². The Labute approximate surface area is 82.7 Å². The fourth-order valence-corrected chi connectivity index (χ4v) is 2.09. The standard InChI is InChI=1S/C11H24N2/c1-3-9-13(4-2)10-7-11-6-5-8-12-11/h11-12H,3-10H2,1-2H3. The van der Waals surface area contributed by atoms with Crippen LogP contribution < -0.4 is 5.32 Å². The predicted octanol–water partition coefficient (Wildman–Crippen LogP) is 1.86. The molecule has 1 aliphatic rings. The van der Waals surface area contributed by atoms with Gasteiger partial charge in [-0.25, -0.2) is 0 Å². The van der Waals surface area contributed by atoms with E-state index >= 15 is 0 Å². The van der Waals surface area contributed by atoms with Gasteiger partial charge in [-0.3, -0.25) is 0 Å². The molecular formula is C11H24N2. The van der Waals surface area contributed by atoms with Gasteiger partial charge in [-0.05, 0) is 51.9 Å². The van der Waals surface area contributed by atoms with Crippen molar-refractivity contribution < 1.29 is 0 Å². The zero-order chi connectivity index (χ0) is 9.52. The van der Waals surface area contributed by atoms with E-state index in [1.165, 1.54) is 51.9 Å². The molecular weight excluding hydrogens is 160 g/mol. The third-order valence-corrected chi connectivity index (χ3v) is 2.94. The van der Waals surface area contributed by atoms with Crippen molar-refractivity contribution in [3.8, 4) is 0 Å². The van der Waals surface area contributed by atoms with Crippen LogP contribution in [-0.4, -0.2) is 37.1 Å². The molecule has 0 radical (unpaired) electrons. The van der Waals surface area contributed by atoms with Gasteiger partial charge in [0.25, 0.3) is 0 Å². The van der Waals surface area contributed by atoms with Gasteiger partial charge in [0.1, 0.15) is 0 Å². The summed E-state index contributed by atoms with van der Waals surface area (Å²) < 4.78 is 0. The van der Waals surface area contributed by atoms with Crippen molar-refractivity contribution in [1.29, 1.82) is 0 Å². The minimum Gasteiger partial charge on any atom is -0.314 e. The van der Waals surface area contributed by atoms with Gasteiger partial charge in [0, 0.05) is 6.04 Å². The van der Waals surface area contributed by atoms with Gasteiger partial charge in [0.05, 0.1) is 0 Å². The van der Waals surface area contributed by atoms with Gasteiger partial charge in [-0.1, -0.05) is 13.8 Å². The first kappa shape index (κ1) is 11.0. The van der Waals surface area contributed by atoms with E-state index in [9.17, 15) is 0 Å². The van der Waals surface area contributed by atoms with Crippen LogP contribution in [0.1, 0.15) is 39.5 Å². The maximum absolute atomic E-state index is 3.55.